The second-order valence-corrected chi connectivity index (χ2v) is 2.39. The van der Waals surface area contributed by atoms with Gasteiger partial charge in [0.25, 0.3) is 0 Å². The Bertz CT molecular complexity index is 369. The van der Waals surface area contributed by atoms with Crippen LogP contribution in [0, 0.1) is 0 Å². The summed E-state index contributed by atoms with van der Waals surface area (Å²) in [4.78, 5) is 4.17. The molecule has 0 bridgehead atoms. The molecule has 1 aromatic heterocycles. The van der Waals surface area contributed by atoms with Crippen molar-refractivity contribution in [1.82, 2.24) is 9.55 Å². The lowest BCUT2D eigenvalue weighted by Crippen LogP contribution is -2.04. The molecule has 2 rings (SSSR count). The van der Waals surface area contributed by atoms with Gasteiger partial charge in [-0.15, -0.1) is 12.4 Å². The van der Waals surface area contributed by atoms with Crippen LogP contribution >= 0.6 is 12.4 Å². The number of hydrogen-bond donors (Lipinski definition) is 1. The van der Waals surface area contributed by atoms with Gasteiger partial charge in [0.15, 0.2) is 0 Å². The van der Waals surface area contributed by atoms with E-state index in [1.54, 1.807) is 6.33 Å². The number of halogens is 1. The van der Waals surface area contributed by atoms with Crippen molar-refractivity contribution in [1.29, 1.82) is 0 Å². The van der Waals surface area contributed by atoms with Gasteiger partial charge in [0.05, 0.1) is 24.0 Å². The first kappa shape index (κ1) is 9.03. The lowest BCUT2D eigenvalue weighted by atomic mass is 10.3. The van der Waals surface area contributed by atoms with E-state index in [0.717, 1.165) is 11.0 Å². The zero-order chi connectivity index (χ0) is 7.68. The molecule has 0 fully saturated rings. The predicted molar refractivity (Wildman–Crippen MR) is 51.2 cm³/mol. The first-order valence-electron chi connectivity index (χ1n) is 3.52. The number of imidazole rings is 1. The Balaban J connectivity index is 0.000000720. The van der Waals surface area contributed by atoms with Crippen LogP contribution in [0.3, 0.4) is 0 Å². The van der Waals surface area contributed by atoms with Crippen LogP contribution in [-0.4, -0.2) is 9.55 Å². The van der Waals surface area contributed by atoms with Crippen LogP contribution in [0.1, 0.15) is 0 Å². The summed E-state index contributed by atoms with van der Waals surface area (Å²) in [5, 5.41) is 0. The molecule has 0 aliphatic rings. The predicted octanol–water partition coefficient (Wildman–Crippen LogP) is 1.37. The van der Waals surface area contributed by atoms with Crippen molar-refractivity contribution in [2.75, 3.05) is 0 Å². The van der Waals surface area contributed by atoms with Gasteiger partial charge < -0.3 is 10.3 Å². The Labute approximate surface area is 76.6 Å². The minimum absolute atomic E-state index is 0. The average molecular weight is 184 g/mol. The molecule has 0 unspecified atom stereocenters. The Morgan fingerprint density at radius 2 is 2.08 bits per heavy atom. The van der Waals surface area contributed by atoms with E-state index in [4.69, 9.17) is 5.73 Å². The van der Waals surface area contributed by atoms with E-state index in [2.05, 4.69) is 4.98 Å². The van der Waals surface area contributed by atoms with Gasteiger partial charge in [-0.05, 0) is 12.1 Å². The number of nitrogens with zero attached hydrogens (tertiary/aromatic N) is 2. The molecular formula is C8H10ClN3. The van der Waals surface area contributed by atoms with Crippen LogP contribution in [0.4, 0.5) is 0 Å². The van der Waals surface area contributed by atoms with Crippen LogP contribution in [0.5, 0.6) is 0 Å². The highest BCUT2D eigenvalue weighted by Gasteiger charge is 1.96. The Hall–Kier alpha value is -1.06. The number of benzene rings is 1. The van der Waals surface area contributed by atoms with Crippen molar-refractivity contribution in [3.05, 3.63) is 30.6 Å². The second kappa shape index (κ2) is 3.56. The quantitative estimate of drug-likeness (QED) is 0.726. The topological polar surface area (TPSA) is 43.8 Å². The number of fused-ring (bicyclic) bond motifs is 1. The molecule has 0 saturated carbocycles. The molecule has 12 heavy (non-hydrogen) atoms. The molecule has 1 aromatic carbocycles. The van der Waals surface area contributed by atoms with Gasteiger partial charge in [-0.3, -0.25) is 0 Å². The zero-order valence-corrected chi connectivity index (χ0v) is 7.29. The molecule has 0 amide bonds. The third kappa shape index (κ3) is 1.29. The molecule has 0 radical (unpaired) electrons. The molecule has 2 aromatic rings. The van der Waals surface area contributed by atoms with Crippen LogP contribution in [0.2, 0.25) is 0 Å². The van der Waals surface area contributed by atoms with Crippen LogP contribution in [0.25, 0.3) is 11.0 Å². The maximum absolute atomic E-state index is 5.48. The summed E-state index contributed by atoms with van der Waals surface area (Å²) < 4.78 is 1.91. The summed E-state index contributed by atoms with van der Waals surface area (Å²) >= 11 is 0. The Kier molecular flexibility index (Phi) is 2.68. The fraction of sp³-hybridized carbons (Fsp3) is 0.125. The molecule has 0 atom stereocenters. The minimum Gasteiger partial charge on any atom is -0.317 e. The molecule has 3 nitrogen and oxygen atoms in total. The standard InChI is InChI=1S/C8H9N3.ClH/c9-5-11-6-10-7-3-1-2-4-8(7)11;/h1-4,6H,5,9H2;1H. The van der Waals surface area contributed by atoms with Gasteiger partial charge >= 0.3 is 0 Å². The zero-order valence-electron chi connectivity index (χ0n) is 6.47. The van der Waals surface area contributed by atoms with Crippen molar-refractivity contribution in [2.45, 2.75) is 6.67 Å². The van der Waals surface area contributed by atoms with E-state index in [-0.39, 0.29) is 12.4 Å². The average Bonchev–Trinajstić information content (AvgIpc) is 2.47. The molecule has 64 valence electrons. The number of para-hydroxylation sites is 2. The normalized spacial score (nSPS) is 9.75. The minimum atomic E-state index is 0. The fourth-order valence-electron chi connectivity index (χ4n) is 1.16. The summed E-state index contributed by atoms with van der Waals surface area (Å²) in [6.45, 7) is 0.487. The van der Waals surface area contributed by atoms with Crippen LogP contribution < -0.4 is 5.73 Å². The second-order valence-electron chi connectivity index (χ2n) is 2.39. The highest BCUT2D eigenvalue weighted by molar-refractivity contribution is 5.85. The van der Waals surface area contributed by atoms with Crippen molar-refractivity contribution in [2.24, 2.45) is 5.73 Å². The van der Waals surface area contributed by atoms with Gasteiger partial charge in [-0.25, -0.2) is 4.98 Å². The highest BCUT2D eigenvalue weighted by Crippen LogP contribution is 2.09. The van der Waals surface area contributed by atoms with Crippen molar-refractivity contribution in [3.63, 3.8) is 0 Å². The number of nitrogens with two attached hydrogens (primary N) is 1. The number of aromatic nitrogens is 2. The molecule has 0 saturated heterocycles. The van der Waals surface area contributed by atoms with E-state index >= 15 is 0 Å². The van der Waals surface area contributed by atoms with Gasteiger partial charge in [0.2, 0.25) is 0 Å². The van der Waals surface area contributed by atoms with Crippen molar-refractivity contribution < 1.29 is 0 Å². The molecule has 0 aliphatic carbocycles. The van der Waals surface area contributed by atoms with E-state index in [1.165, 1.54) is 0 Å². The van der Waals surface area contributed by atoms with Gasteiger partial charge in [0.1, 0.15) is 0 Å². The van der Waals surface area contributed by atoms with E-state index < -0.39 is 0 Å². The van der Waals surface area contributed by atoms with Crippen molar-refractivity contribution >= 4 is 23.4 Å². The fourth-order valence-corrected chi connectivity index (χ4v) is 1.16. The molecule has 1 heterocycles. The third-order valence-corrected chi connectivity index (χ3v) is 1.72. The van der Waals surface area contributed by atoms with E-state index in [1.807, 2.05) is 28.8 Å². The number of rotatable bonds is 1. The lowest BCUT2D eigenvalue weighted by molar-refractivity contribution is 0.755. The lowest BCUT2D eigenvalue weighted by Gasteiger charge is -1.96. The Morgan fingerprint density at radius 1 is 1.33 bits per heavy atom. The Morgan fingerprint density at radius 3 is 2.83 bits per heavy atom. The van der Waals surface area contributed by atoms with E-state index in [0.29, 0.717) is 6.67 Å². The van der Waals surface area contributed by atoms with E-state index in [9.17, 15) is 0 Å². The third-order valence-electron chi connectivity index (χ3n) is 1.72. The van der Waals surface area contributed by atoms with Crippen LogP contribution in [0.15, 0.2) is 30.6 Å². The highest BCUT2D eigenvalue weighted by atomic mass is 35.5. The molecular weight excluding hydrogens is 174 g/mol. The van der Waals surface area contributed by atoms with Crippen molar-refractivity contribution in [3.8, 4) is 0 Å². The molecule has 0 spiro atoms. The maximum Gasteiger partial charge on any atom is 0.0969 e. The smallest absolute Gasteiger partial charge is 0.0969 e. The molecule has 4 heteroatoms. The SMILES string of the molecule is Cl.NCn1cnc2ccccc21. The monoisotopic (exact) mass is 183 g/mol. The largest absolute Gasteiger partial charge is 0.317 e. The van der Waals surface area contributed by atoms with Gasteiger partial charge in [-0.1, -0.05) is 12.1 Å². The van der Waals surface area contributed by atoms with Gasteiger partial charge in [-0.2, -0.15) is 0 Å². The maximum atomic E-state index is 5.48. The summed E-state index contributed by atoms with van der Waals surface area (Å²) in [5.41, 5.74) is 7.57. The first-order valence-corrected chi connectivity index (χ1v) is 3.52. The summed E-state index contributed by atoms with van der Waals surface area (Å²) in [7, 11) is 0. The number of hydrogen-bond acceptors (Lipinski definition) is 2. The van der Waals surface area contributed by atoms with Gasteiger partial charge in [0, 0.05) is 0 Å². The summed E-state index contributed by atoms with van der Waals surface area (Å²) in [5.74, 6) is 0. The first-order chi connectivity index (χ1) is 5.42. The van der Waals surface area contributed by atoms with Crippen LogP contribution in [-0.2, 0) is 6.67 Å². The molecule has 2 N–H and O–H groups in total. The summed E-state index contributed by atoms with van der Waals surface area (Å²) in [6, 6.07) is 7.93. The summed E-state index contributed by atoms with van der Waals surface area (Å²) in [6.07, 6.45) is 1.75. The molecule has 0 aliphatic heterocycles.